The van der Waals surface area contributed by atoms with E-state index in [1.54, 1.807) is 0 Å². The number of carbonyl (C=O) groups excluding carboxylic acids is 3. The van der Waals surface area contributed by atoms with Gasteiger partial charge in [0.15, 0.2) is 6.10 Å². The highest BCUT2D eigenvalue weighted by Gasteiger charge is 2.19. The molecule has 6 heteroatoms. The molecular formula is C39H74O6. The molecule has 0 heterocycles. The summed E-state index contributed by atoms with van der Waals surface area (Å²) in [5.74, 6) is -0.0814. The first-order valence-corrected chi connectivity index (χ1v) is 19.4. The van der Waals surface area contributed by atoms with E-state index in [-0.39, 0.29) is 31.1 Å². The molecule has 0 fully saturated rings. The Labute approximate surface area is 278 Å². The second kappa shape index (κ2) is 33.8. The van der Waals surface area contributed by atoms with Crippen molar-refractivity contribution >= 4 is 17.9 Å². The standard InChI is InChI=1S/C39H74O6/c1-5-7-9-11-13-14-19-23-27-31-38(41)44-34-36(33-43-37(40)30-26-22-17-12-10-8-6-2)45-39(42)32-28-24-20-16-15-18-21-25-29-35(3)4/h35-36H,5-34H2,1-4H3/t36-/m1/s1. The molecule has 6 nitrogen and oxygen atoms in total. The summed E-state index contributed by atoms with van der Waals surface area (Å²) < 4.78 is 16.5. The number of esters is 3. The monoisotopic (exact) mass is 639 g/mol. The Hall–Kier alpha value is -1.59. The number of unbranched alkanes of at least 4 members (excludes halogenated alkanes) is 21. The van der Waals surface area contributed by atoms with Crippen LogP contribution in [0.15, 0.2) is 0 Å². The number of ether oxygens (including phenoxy) is 3. The molecule has 0 bridgehead atoms. The molecule has 0 aromatic heterocycles. The van der Waals surface area contributed by atoms with Crippen LogP contribution in [-0.4, -0.2) is 37.2 Å². The topological polar surface area (TPSA) is 78.9 Å². The van der Waals surface area contributed by atoms with Gasteiger partial charge in [-0.15, -0.1) is 0 Å². The van der Waals surface area contributed by atoms with Crippen LogP contribution in [0, 0.1) is 5.92 Å². The molecule has 1 atom stereocenters. The van der Waals surface area contributed by atoms with E-state index in [4.69, 9.17) is 14.2 Å². The van der Waals surface area contributed by atoms with Crippen LogP contribution in [0.4, 0.5) is 0 Å². The smallest absolute Gasteiger partial charge is 0.306 e. The average molecular weight is 639 g/mol. The van der Waals surface area contributed by atoms with Crippen LogP contribution in [-0.2, 0) is 28.6 Å². The third kappa shape index (κ3) is 33.6. The Morgan fingerprint density at radius 1 is 0.422 bits per heavy atom. The van der Waals surface area contributed by atoms with Gasteiger partial charge in [-0.25, -0.2) is 0 Å². The molecule has 0 aliphatic rings. The van der Waals surface area contributed by atoms with Gasteiger partial charge in [0, 0.05) is 19.3 Å². The largest absolute Gasteiger partial charge is 0.462 e. The fraction of sp³-hybridized carbons (Fsp3) is 0.923. The van der Waals surface area contributed by atoms with Crippen molar-refractivity contribution in [2.45, 2.75) is 214 Å². The maximum atomic E-state index is 12.6. The SMILES string of the molecule is CCCCCCCCCCCC(=O)OC[C@@H](COC(=O)CCCCCCCCC)OC(=O)CCCCCCCCCCC(C)C. The molecule has 266 valence electrons. The molecular weight excluding hydrogens is 564 g/mol. The Morgan fingerprint density at radius 3 is 1.09 bits per heavy atom. The molecule has 0 saturated carbocycles. The van der Waals surface area contributed by atoms with Gasteiger partial charge in [0.1, 0.15) is 13.2 Å². The highest BCUT2D eigenvalue weighted by atomic mass is 16.6. The van der Waals surface area contributed by atoms with Crippen LogP contribution < -0.4 is 0 Å². The molecule has 0 aromatic carbocycles. The van der Waals surface area contributed by atoms with Crippen molar-refractivity contribution in [1.82, 2.24) is 0 Å². The second-order valence-corrected chi connectivity index (χ2v) is 13.7. The maximum absolute atomic E-state index is 12.6. The van der Waals surface area contributed by atoms with Crippen molar-refractivity contribution in [2.75, 3.05) is 13.2 Å². The summed E-state index contributed by atoms with van der Waals surface area (Å²) in [5, 5.41) is 0. The molecule has 0 N–H and O–H groups in total. The highest BCUT2D eigenvalue weighted by molar-refractivity contribution is 5.71. The summed E-state index contributed by atoms with van der Waals surface area (Å²) in [6.07, 6.45) is 29.6. The number of hydrogen-bond acceptors (Lipinski definition) is 6. The summed E-state index contributed by atoms with van der Waals surface area (Å²) in [6.45, 7) is 8.87. The fourth-order valence-corrected chi connectivity index (χ4v) is 5.57. The number of hydrogen-bond donors (Lipinski definition) is 0. The second-order valence-electron chi connectivity index (χ2n) is 13.7. The van der Waals surface area contributed by atoms with Crippen LogP contribution in [0.25, 0.3) is 0 Å². The lowest BCUT2D eigenvalue weighted by Crippen LogP contribution is -2.30. The molecule has 0 radical (unpaired) electrons. The van der Waals surface area contributed by atoms with E-state index in [0.717, 1.165) is 63.7 Å². The van der Waals surface area contributed by atoms with E-state index < -0.39 is 6.10 Å². The summed E-state index contributed by atoms with van der Waals surface area (Å²) in [5.41, 5.74) is 0. The van der Waals surface area contributed by atoms with Crippen molar-refractivity contribution in [1.29, 1.82) is 0 Å². The van der Waals surface area contributed by atoms with Crippen LogP contribution in [0.3, 0.4) is 0 Å². The summed E-state index contributed by atoms with van der Waals surface area (Å²) >= 11 is 0. The summed E-state index contributed by atoms with van der Waals surface area (Å²) in [4.78, 5) is 37.3. The zero-order chi connectivity index (χ0) is 33.2. The third-order valence-corrected chi connectivity index (χ3v) is 8.54. The fourth-order valence-electron chi connectivity index (χ4n) is 5.57. The van der Waals surface area contributed by atoms with Crippen LogP contribution in [0.2, 0.25) is 0 Å². The van der Waals surface area contributed by atoms with Crippen molar-refractivity contribution in [3.05, 3.63) is 0 Å². The molecule has 0 saturated heterocycles. The van der Waals surface area contributed by atoms with Crippen LogP contribution in [0.5, 0.6) is 0 Å². The van der Waals surface area contributed by atoms with Crippen LogP contribution in [0.1, 0.15) is 207 Å². The molecule has 0 rings (SSSR count). The first-order valence-electron chi connectivity index (χ1n) is 19.4. The quantitative estimate of drug-likeness (QED) is 0.0396. The maximum Gasteiger partial charge on any atom is 0.306 e. The van der Waals surface area contributed by atoms with Crippen molar-refractivity contribution in [3.63, 3.8) is 0 Å². The van der Waals surface area contributed by atoms with Gasteiger partial charge in [0.2, 0.25) is 0 Å². The van der Waals surface area contributed by atoms with Gasteiger partial charge in [0.25, 0.3) is 0 Å². The molecule has 0 aliphatic heterocycles. The molecule has 0 amide bonds. The van der Waals surface area contributed by atoms with E-state index in [2.05, 4.69) is 27.7 Å². The summed E-state index contributed by atoms with van der Waals surface area (Å²) in [6, 6.07) is 0. The minimum absolute atomic E-state index is 0.0660. The first kappa shape index (κ1) is 43.4. The minimum atomic E-state index is -0.756. The van der Waals surface area contributed by atoms with E-state index in [1.807, 2.05) is 0 Å². The zero-order valence-corrected chi connectivity index (χ0v) is 30.3. The van der Waals surface area contributed by atoms with Crippen LogP contribution >= 0.6 is 0 Å². The molecule has 0 aromatic rings. The number of carbonyl (C=O) groups is 3. The van der Waals surface area contributed by atoms with Gasteiger partial charge in [-0.05, 0) is 25.2 Å². The lowest BCUT2D eigenvalue weighted by molar-refractivity contribution is -0.167. The number of rotatable bonds is 34. The highest BCUT2D eigenvalue weighted by Crippen LogP contribution is 2.15. The Balaban J connectivity index is 4.34. The Morgan fingerprint density at radius 2 is 0.733 bits per heavy atom. The predicted molar refractivity (Wildman–Crippen MR) is 187 cm³/mol. The minimum Gasteiger partial charge on any atom is -0.462 e. The van der Waals surface area contributed by atoms with Crippen molar-refractivity contribution in [2.24, 2.45) is 5.92 Å². The first-order chi connectivity index (χ1) is 21.9. The van der Waals surface area contributed by atoms with Gasteiger partial charge in [-0.2, -0.15) is 0 Å². The van der Waals surface area contributed by atoms with E-state index in [1.165, 1.54) is 103 Å². The summed E-state index contributed by atoms with van der Waals surface area (Å²) in [7, 11) is 0. The zero-order valence-electron chi connectivity index (χ0n) is 30.3. The Kier molecular flexibility index (Phi) is 32.6. The van der Waals surface area contributed by atoms with Crippen molar-refractivity contribution in [3.8, 4) is 0 Å². The third-order valence-electron chi connectivity index (χ3n) is 8.54. The van der Waals surface area contributed by atoms with Gasteiger partial charge in [0.05, 0.1) is 0 Å². The van der Waals surface area contributed by atoms with E-state index in [9.17, 15) is 14.4 Å². The lowest BCUT2D eigenvalue weighted by atomic mass is 10.0. The van der Waals surface area contributed by atoms with Gasteiger partial charge in [-0.1, -0.05) is 169 Å². The van der Waals surface area contributed by atoms with E-state index >= 15 is 0 Å². The Bertz CT molecular complexity index is 676. The van der Waals surface area contributed by atoms with Gasteiger partial charge in [-0.3, -0.25) is 14.4 Å². The molecule has 0 aliphatic carbocycles. The lowest BCUT2D eigenvalue weighted by Gasteiger charge is -2.18. The van der Waals surface area contributed by atoms with E-state index in [0.29, 0.717) is 19.3 Å². The molecule has 0 unspecified atom stereocenters. The predicted octanol–water partition coefficient (Wildman–Crippen LogP) is 11.6. The molecule has 45 heavy (non-hydrogen) atoms. The average Bonchev–Trinajstić information content (AvgIpc) is 3.01. The molecule has 0 spiro atoms. The normalized spacial score (nSPS) is 11.9. The van der Waals surface area contributed by atoms with Crippen molar-refractivity contribution < 1.29 is 28.6 Å². The van der Waals surface area contributed by atoms with Gasteiger partial charge < -0.3 is 14.2 Å². The van der Waals surface area contributed by atoms with Gasteiger partial charge >= 0.3 is 17.9 Å².